The van der Waals surface area contributed by atoms with E-state index in [1.807, 2.05) is 49.4 Å². The Morgan fingerprint density at radius 1 is 0.600 bits per heavy atom. The molecule has 0 spiro atoms. The fourth-order valence-electron chi connectivity index (χ4n) is 2.81. The van der Waals surface area contributed by atoms with E-state index in [2.05, 4.69) is 0 Å². The third kappa shape index (κ3) is 2.90. The summed E-state index contributed by atoms with van der Waals surface area (Å²) in [6, 6.07) is 19.8. The smallest absolute Gasteiger partial charge is 0.115 e. The first kappa shape index (κ1) is 15.1. The summed E-state index contributed by atoms with van der Waals surface area (Å²) in [6.45, 7) is 2.02. The number of hydrogen-bond donors (Lipinski definition) is 2. The van der Waals surface area contributed by atoms with Crippen LogP contribution in [0.4, 0.5) is 0 Å². The van der Waals surface area contributed by atoms with Crippen LogP contribution in [0.1, 0.15) is 5.56 Å². The molecule has 3 aromatic carbocycles. The minimum Gasteiger partial charge on any atom is -0.508 e. The lowest BCUT2D eigenvalue weighted by Crippen LogP contribution is -1.95. The van der Waals surface area contributed by atoms with Crippen molar-refractivity contribution >= 4 is 11.0 Å². The molecular weight excluding hydrogens is 312 g/mol. The largest absolute Gasteiger partial charge is 0.508 e. The van der Waals surface area contributed by atoms with Crippen LogP contribution in [0.2, 0.25) is 0 Å². The molecule has 2 N–H and O–H groups in total. The first-order valence-corrected chi connectivity index (χ1v) is 7.97. The molecule has 4 aromatic rings. The van der Waals surface area contributed by atoms with E-state index in [1.54, 1.807) is 24.3 Å². The van der Waals surface area contributed by atoms with E-state index in [4.69, 9.17) is 9.97 Å². The first-order chi connectivity index (χ1) is 12.1. The number of phenols is 2. The van der Waals surface area contributed by atoms with Crippen molar-refractivity contribution in [2.75, 3.05) is 0 Å². The van der Waals surface area contributed by atoms with E-state index >= 15 is 0 Å². The van der Waals surface area contributed by atoms with Gasteiger partial charge in [-0.2, -0.15) is 0 Å². The van der Waals surface area contributed by atoms with Gasteiger partial charge in [-0.05, 0) is 73.2 Å². The maximum Gasteiger partial charge on any atom is 0.115 e. The molecule has 4 nitrogen and oxygen atoms in total. The van der Waals surface area contributed by atoms with Crippen molar-refractivity contribution in [2.24, 2.45) is 0 Å². The molecule has 4 rings (SSSR count). The Kier molecular flexibility index (Phi) is 3.58. The Morgan fingerprint density at radius 3 is 1.60 bits per heavy atom. The van der Waals surface area contributed by atoms with Crippen molar-refractivity contribution in [2.45, 2.75) is 6.92 Å². The second-order valence-electron chi connectivity index (χ2n) is 6.01. The fraction of sp³-hybridized carbons (Fsp3) is 0.0476. The van der Waals surface area contributed by atoms with Crippen molar-refractivity contribution < 1.29 is 10.2 Å². The zero-order chi connectivity index (χ0) is 17.4. The van der Waals surface area contributed by atoms with Gasteiger partial charge in [0.05, 0.1) is 22.4 Å². The number of aromatic hydroxyl groups is 2. The number of rotatable bonds is 2. The van der Waals surface area contributed by atoms with Gasteiger partial charge < -0.3 is 10.2 Å². The third-order valence-electron chi connectivity index (χ3n) is 4.10. The zero-order valence-corrected chi connectivity index (χ0v) is 13.6. The normalized spacial score (nSPS) is 10.9. The predicted molar refractivity (Wildman–Crippen MR) is 98.5 cm³/mol. The standard InChI is InChI=1S/C21H16N2O2/c1-13-2-11-18-19(12-13)23-21(15-5-9-17(25)10-6-15)20(22-18)14-3-7-16(24)8-4-14/h2-12,24-25H,1H3. The molecule has 0 aliphatic rings. The highest BCUT2D eigenvalue weighted by atomic mass is 16.3. The van der Waals surface area contributed by atoms with Crippen LogP contribution in [-0.2, 0) is 0 Å². The fourth-order valence-corrected chi connectivity index (χ4v) is 2.81. The number of nitrogens with zero attached hydrogens (tertiary/aromatic N) is 2. The molecule has 122 valence electrons. The maximum absolute atomic E-state index is 9.56. The van der Waals surface area contributed by atoms with Gasteiger partial charge in [0.25, 0.3) is 0 Å². The van der Waals surface area contributed by atoms with Gasteiger partial charge in [-0.15, -0.1) is 0 Å². The monoisotopic (exact) mass is 328 g/mol. The predicted octanol–water partition coefficient (Wildman–Crippen LogP) is 4.68. The number of aryl methyl sites for hydroxylation is 1. The van der Waals surface area contributed by atoms with Gasteiger partial charge in [0.2, 0.25) is 0 Å². The van der Waals surface area contributed by atoms with Gasteiger partial charge in [-0.3, -0.25) is 0 Å². The topological polar surface area (TPSA) is 66.2 Å². The van der Waals surface area contributed by atoms with Crippen molar-refractivity contribution in [1.82, 2.24) is 9.97 Å². The average Bonchev–Trinajstić information content (AvgIpc) is 2.62. The number of aromatic nitrogens is 2. The Bertz CT molecular complexity index is 1060. The number of fused-ring (bicyclic) bond motifs is 1. The van der Waals surface area contributed by atoms with E-state index in [-0.39, 0.29) is 11.5 Å². The molecule has 0 atom stereocenters. The van der Waals surface area contributed by atoms with Crippen molar-refractivity contribution in [1.29, 1.82) is 0 Å². The quantitative estimate of drug-likeness (QED) is 0.560. The van der Waals surface area contributed by atoms with Crippen LogP contribution < -0.4 is 0 Å². The molecule has 1 heterocycles. The number of hydrogen-bond acceptors (Lipinski definition) is 4. The van der Waals surface area contributed by atoms with Crippen molar-refractivity contribution in [3.05, 3.63) is 72.3 Å². The number of phenolic OH excluding ortho intramolecular Hbond substituents is 2. The van der Waals surface area contributed by atoms with Crippen LogP contribution in [0.3, 0.4) is 0 Å². The van der Waals surface area contributed by atoms with E-state index in [0.717, 1.165) is 39.1 Å². The molecular formula is C21H16N2O2. The highest BCUT2D eigenvalue weighted by Crippen LogP contribution is 2.32. The SMILES string of the molecule is Cc1ccc2nc(-c3ccc(O)cc3)c(-c3ccc(O)cc3)nc2c1. The summed E-state index contributed by atoms with van der Waals surface area (Å²) in [5.74, 6) is 0.416. The average molecular weight is 328 g/mol. The number of benzene rings is 3. The summed E-state index contributed by atoms with van der Waals surface area (Å²) in [4.78, 5) is 9.64. The second kappa shape index (κ2) is 5.91. The van der Waals surface area contributed by atoms with Crippen LogP contribution in [0, 0.1) is 6.92 Å². The lowest BCUT2D eigenvalue weighted by molar-refractivity contribution is 0.475. The molecule has 0 aliphatic carbocycles. The lowest BCUT2D eigenvalue weighted by atomic mass is 10.0. The van der Waals surface area contributed by atoms with Gasteiger partial charge in [-0.25, -0.2) is 9.97 Å². The van der Waals surface area contributed by atoms with Gasteiger partial charge in [0.1, 0.15) is 11.5 Å². The summed E-state index contributed by atoms with van der Waals surface area (Å²) < 4.78 is 0. The van der Waals surface area contributed by atoms with Crippen LogP contribution in [-0.4, -0.2) is 20.2 Å². The van der Waals surface area contributed by atoms with E-state index in [9.17, 15) is 10.2 Å². The summed E-state index contributed by atoms with van der Waals surface area (Å²) in [5, 5.41) is 19.1. The molecule has 0 radical (unpaired) electrons. The van der Waals surface area contributed by atoms with E-state index in [1.165, 1.54) is 0 Å². The molecule has 0 saturated heterocycles. The Labute approximate surface area is 145 Å². The molecule has 0 fully saturated rings. The molecule has 0 bridgehead atoms. The highest BCUT2D eigenvalue weighted by molar-refractivity contribution is 5.86. The van der Waals surface area contributed by atoms with Gasteiger partial charge in [0.15, 0.2) is 0 Å². The first-order valence-electron chi connectivity index (χ1n) is 7.97. The Hall–Kier alpha value is -3.40. The zero-order valence-electron chi connectivity index (χ0n) is 13.6. The van der Waals surface area contributed by atoms with Crippen LogP contribution in [0.5, 0.6) is 11.5 Å². The van der Waals surface area contributed by atoms with Crippen LogP contribution >= 0.6 is 0 Å². The molecule has 0 aliphatic heterocycles. The Morgan fingerprint density at radius 2 is 1.08 bits per heavy atom. The molecule has 4 heteroatoms. The second-order valence-corrected chi connectivity index (χ2v) is 6.01. The highest BCUT2D eigenvalue weighted by Gasteiger charge is 2.13. The summed E-state index contributed by atoms with van der Waals surface area (Å²) in [6.07, 6.45) is 0. The molecule has 0 unspecified atom stereocenters. The maximum atomic E-state index is 9.56. The summed E-state index contributed by atoms with van der Waals surface area (Å²) >= 11 is 0. The lowest BCUT2D eigenvalue weighted by Gasteiger charge is -2.11. The molecule has 1 aromatic heterocycles. The molecule has 25 heavy (non-hydrogen) atoms. The van der Waals surface area contributed by atoms with Crippen molar-refractivity contribution in [3.8, 4) is 34.0 Å². The molecule has 0 saturated carbocycles. The van der Waals surface area contributed by atoms with Crippen molar-refractivity contribution in [3.63, 3.8) is 0 Å². The van der Waals surface area contributed by atoms with Gasteiger partial charge in [0, 0.05) is 11.1 Å². The Balaban J connectivity index is 2.01. The summed E-state index contributed by atoms with van der Waals surface area (Å²) in [5.41, 5.74) is 5.98. The molecule has 0 amide bonds. The summed E-state index contributed by atoms with van der Waals surface area (Å²) in [7, 11) is 0. The van der Waals surface area contributed by atoms with Crippen LogP contribution in [0.15, 0.2) is 66.7 Å². The third-order valence-corrected chi connectivity index (χ3v) is 4.10. The minimum absolute atomic E-state index is 0.208. The van der Waals surface area contributed by atoms with Gasteiger partial charge >= 0.3 is 0 Å². The minimum atomic E-state index is 0.208. The van der Waals surface area contributed by atoms with Gasteiger partial charge in [-0.1, -0.05) is 6.07 Å². The van der Waals surface area contributed by atoms with Crippen LogP contribution in [0.25, 0.3) is 33.5 Å². The van der Waals surface area contributed by atoms with E-state index < -0.39 is 0 Å². The van der Waals surface area contributed by atoms with E-state index in [0.29, 0.717) is 0 Å².